The van der Waals surface area contributed by atoms with Gasteiger partial charge in [-0.3, -0.25) is 14.3 Å². The molecule has 2 rings (SSSR count). The summed E-state index contributed by atoms with van der Waals surface area (Å²) in [6.07, 6.45) is 2.33. The first-order valence-electron chi connectivity index (χ1n) is 7.95. The van der Waals surface area contributed by atoms with E-state index in [1.165, 1.54) is 10.6 Å². The number of nitrogens with one attached hydrogen (secondary N) is 2. The van der Waals surface area contributed by atoms with Crippen LogP contribution in [0.4, 0.5) is 11.4 Å². The molecule has 2 N–H and O–H groups in total. The van der Waals surface area contributed by atoms with Crippen molar-refractivity contribution in [3.63, 3.8) is 0 Å². The topological polar surface area (TPSA) is 97.3 Å². The van der Waals surface area contributed by atoms with Crippen molar-refractivity contribution in [1.82, 2.24) is 4.57 Å². The van der Waals surface area contributed by atoms with Gasteiger partial charge in [-0.25, -0.2) is 8.42 Å². The average molecular weight is 363 g/mol. The molecule has 25 heavy (non-hydrogen) atoms. The highest BCUT2D eigenvalue weighted by molar-refractivity contribution is 7.92. The zero-order valence-electron chi connectivity index (χ0n) is 13.9. The van der Waals surface area contributed by atoms with Crippen LogP contribution in [-0.4, -0.2) is 24.6 Å². The largest absolute Gasteiger partial charge is 0.326 e. The summed E-state index contributed by atoms with van der Waals surface area (Å²) in [4.78, 5) is 23.5. The molecule has 1 amide bonds. The first-order valence-corrected chi connectivity index (χ1v) is 9.61. The van der Waals surface area contributed by atoms with Gasteiger partial charge in [-0.2, -0.15) is 0 Å². The number of aromatic nitrogens is 1. The minimum Gasteiger partial charge on any atom is -0.326 e. The molecular formula is C17H21N3O4S. The Morgan fingerprint density at radius 1 is 1.08 bits per heavy atom. The van der Waals surface area contributed by atoms with Crippen LogP contribution in [0.3, 0.4) is 0 Å². The van der Waals surface area contributed by atoms with Crippen LogP contribution in [0.2, 0.25) is 0 Å². The molecule has 0 saturated heterocycles. The number of carbonyl (C=O) groups excluding carboxylic acids is 1. The number of benzene rings is 1. The van der Waals surface area contributed by atoms with Crippen LogP contribution in [0.25, 0.3) is 0 Å². The first-order chi connectivity index (χ1) is 11.9. The Morgan fingerprint density at radius 2 is 1.76 bits per heavy atom. The van der Waals surface area contributed by atoms with Gasteiger partial charge in [-0.15, -0.1) is 0 Å². The highest BCUT2D eigenvalue weighted by atomic mass is 32.2. The molecule has 0 saturated carbocycles. The highest BCUT2D eigenvalue weighted by Gasteiger charge is 2.09. The molecule has 0 atom stereocenters. The molecule has 134 valence electrons. The van der Waals surface area contributed by atoms with Gasteiger partial charge in [0.2, 0.25) is 15.9 Å². The van der Waals surface area contributed by atoms with Gasteiger partial charge in [0, 0.05) is 36.6 Å². The number of aryl methyl sites for hydroxylation is 1. The maximum atomic E-state index is 12.0. The van der Waals surface area contributed by atoms with Crippen LogP contribution in [0.5, 0.6) is 0 Å². The van der Waals surface area contributed by atoms with E-state index >= 15 is 0 Å². The molecule has 0 bridgehead atoms. The second-order valence-corrected chi connectivity index (χ2v) is 7.37. The van der Waals surface area contributed by atoms with E-state index in [2.05, 4.69) is 10.0 Å². The predicted molar refractivity (Wildman–Crippen MR) is 98.1 cm³/mol. The predicted octanol–water partition coefficient (Wildman–Crippen LogP) is 2.03. The van der Waals surface area contributed by atoms with Crippen LogP contribution in [0, 0.1) is 0 Å². The van der Waals surface area contributed by atoms with Gasteiger partial charge in [-0.1, -0.05) is 13.0 Å². The van der Waals surface area contributed by atoms with Gasteiger partial charge >= 0.3 is 0 Å². The van der Waals surface area contributed by atoms with E-state index in [1.807, 2.05) is 0 Å². The quantitative estimate of drug-likeness (QED) is 0.750. The van der Waals surface area contributed by atoms with E-state index in [0.717, 1.165) is 0 Å². The average Bonchev–Trinajstić information content (AvgIpc) is 2.55. The summed E-state index contributed by atoms with van der Waals surface area (Å²) in [6.45, 7) is 2.09. The van der Waals surface area contributed by atoms with Crippen molar-refractivity contribution in [3.05, 3.63) is 59.0 Å². The van der Waals surface area contributed by atoms with Crippen LogP contribution in [0.1, 0.15) is 19.8 Å². The molecule has 1 heterocycles. The van der Waals surface area contributed by atoms with E-state index in [9.17, 15) is 18.0 Å². The second-order valence-electron chi connectivity index (χ2n) is 5.53. The van der Waals surface area contributed by atoms with Crippen molar-refractivity contribution in [1.29, 1.82) is 0 Å². The maximum absolute atomic E-state index is 12.0. The first kappa shape index (κ1) is 18.7. The minimum absolute atomic E-state index is 0.0599. The van der Waals surface area contributed by atoms with Crippen molar-refractivity contribution in [2.45, 2.75) is 26.3 Å². The molecule has 0 unspecified atom stereocenters. The Morgan fingerprint density at radius 3 is 2.40 bits per heavy atom. The van der Waals surface area contributed by atoms with Crippen LogP contribution in [-0.2, 0) is 21.4 Å². The number of anilines is 2. The third kappa shape index (κ3) is 6.07. The number of hydrogen-bond donors (Lipinski definition) is 2. The molecule has 0 fully saturated rings. The normalized spacial score (nSPS) is 11.1. The zero-order chi connectivity index (χ0) is 18.3. The summed E-state index contributed by atoms with van der Waals surface area (Å²) in [5.41, 5.74) is 0.852. The number of hydrogen-bond acceptors (Lipinski definition) is 4. The van der Waals surface area contributed by atoms with Gasteiger partial charge in [-0.05, 0) is 36.8 Å². The highest BCUT2D eigenvalue weighted by Crippen LogP contribution is 2.15. The van der Waals surface area contributed by atoms with Crippen molar-refractivity contribution in [3.8, 4) is 0 Å². The molecule has 0 radical (unpaired) electrons. The van der Waals surface area contributed by atoms with Crippen LogP contribution < -0.4 is 15.6 Å². The number of amides is 1. The van der Waals surface area contributed by atoms with Gasteiger partial charge in [0.1, 0.15) is 0 Å². The SMILES string of the molecule is CCCS(=O)(=O)Nc1ccc(NC(=O)CCn2ccccc2=O)cc1. The van der Waals surface area contributed by atoms with Crippen molar-refractivity contribution in [2.24, 2.45) is 0 Å². The lowest BCUT2D eigenvalue weighted by Gasteiger charge is -2.09. The second kappa shape index (κ2) is 8.48. The number of nitrogens with zero attached hydrogens (tertiary/aromatic N) is 1. The maximum Gasteiger partial charge on any atom is 0.250 e. The van der Waals surface area contributed by atoms with Crippen molar-refractivity contribution < 1.29 is 13.2 Å². The minimum atomic E-state index is -3.33. The summed E-state index contributed by atoms with van der Waals surface area (Å²) >= 11 is 0. The van der Waals surface area contributed by atoms with E-state index in [1.54, 1.807) is 49.5 Å². The molecule has 2 aromatic rings. The molecular weight excluding hydrogens is 342 g/mol. The molecule has 7 nitrogen and oxygen atoms in total. The smallest absolute Gasteiger partial charge is 0.250 e. The Balaban J connectivity index is 1.89. The summed E-state index contributed by atoms with van der Waals surface area (Å²) in [7, 11) is -3.33. The standard InChI is InChI=1S/C17H21N3O4S/c1-2-13-25(23,24)19-15-8-6-14(7-9-15)18-16(21)10-12-20-11-4-3-5-17(20)22/h3-9,11,19H,2,10,12-13H2,1H3,(H,18,21). The monoisotopic (exact) mass is 363 g/mol. The van der Waals surface area contributed by atoms with Crippen molar-refractivity contribution in [2.75, 3.05) is 15.8 Å². The van der Waals surface area contributed by atoms with E-state index in [4.69, 9.17) is 0 Å². The summed E-state index contributed by atoms with van der Waals surface area (Å²) in [6, 6.07) is 11.2. The van der Waals surface area contributed by atoms with E-state index < -0.39 is 10.0 Å². The van der Waals surface area contributed by atoms with Gasteiger partial charge < -0.3 is 9.88 Å². The Hall–Kier alpha value is -2.61. The van der Waals surface area contributed by atoms with E-state index in [-0.39, 0.29) is 23.6 Å². The fourth-order valence-electron chi connectivity index (χ4n) is 2.21. The van der Waals surface area contributed by atoms with Crippen molar-refractivity contribution >= 4 is 27.3 Å². The van der Waals surface area contributed by atoms with Gasteiger partial charge in [0.15, 0.2) is 0 Å². The third-order valence-corrected chi connectivity index (χ3v) is 4.89. The molecule has 1 aromatic heterocycles. The van der Waals surface area contributed by atoms with Crippen LogP contribution in [0.15, 0.2) is 53.5 Å². The van der Waals surface area contributed by atoms with E-state index in [0.29, 0.717) is 24.3 Å². The zero-order valence-corrected chi connectivity index (χ0v) is 14.8. The molecule has 1 aromatic carbocycles. The Bertz CT molecular complexity index is 873. The summed E-state index contributed by atoms with van der Waals surface area (Å²) in [5, 5.41) is 2.72. The number of carbonyl (C=O) groups is 1. The number of rotatable bonds is 8. The number of pyridine rings is 1. The molecule has 8 heteroatoms. The fraction of sp³-hybridized carbons (Fsp3) is 0.294. The van der Waals surface area contributed by atoms with Gasteiger partial charge in [0.25, 0.3) is 5.56 Å². The lowest BCUT2D eigenvalue weighted by atomic mass is 10.2. The lowest BCUT2D eigenvalue weighted by molar-refractivity contribution is -0.116. The molecule has 0 aliphatic carbocycles. The Labute approximate surface area is 146 Å². The summed E-state index contributed by atoms with van der Waals surface area (Å²) in [5.74, 6) is -0.167. The molecule has 0 aliphatic heterocycles. The molecule has 0 spiro atoms. The van der Waals surface area contributed by atoms with Crippen LogP contribution >= 0.6 is 0 Å². The van der Waals surface area contributed by atoms with Gasteiger partial charge in [0.05, 0.1) is 5.75 Å². The fourth-order valence-corrected chi connectivity index (χ4v) is 3.35. The number of sulfonamides is 1. The third-order valence-electron chi connectivity index (χ3n) is 3.39. The lowest BCUT2D eigenvalue weighted by Crippen LogP contribution is -2.21. The Kier molecular flexibility index (Phi) is 6.35. The summed E-state index contributed by atoms with van der Waals surface area (Å²) < 4.78 is 27.3. The molecule has 0 aliphatic rings.